The van der Waals surface area contributed by atoms with Crippen molar-refractivity contribution in [1.29, 1.82) is 0 Å². The molecular formula is C18H36N2O. The van der Waals surface area contributed by atoms with Crippen molar-refractivity contribution < 1.29 is 4.74 Å². The van der Waals surface area contributed by atoms with Crippen molar-refractivity contribution in [3.05, 3.63) is 0 Å². The van der Waals surface area contributed by atoms with Crippen molar-refractivity contribution in [2.75, 3.05) is 32.8 Å². The van der Waals surface area contributed by atoms with Gasteiger partial charge in [-0.3, -0.25) is 4.90 Å². The third-order valence-electron chi connectivity index (χ3n) is 5.37. The molecule has 1 aliphatic heterocycles. The van der Waals surface area contributed by atoms with Crippen molar-refractivity contribution in [3.8, 4) is 0 Å². The van der Waals surface area contributed by atoms with Gasteiger partial charge in [0.25, 0.3) is 0 Å². The molecule has 21 heavy (non-hydrogen) atoms. The highest BCUT2D eigenvalue weighted by atomic mass is 16.5. The molecule has 1 spiro atoms. The summed E-state index contributed by atoms with van der Waals surface area (Å²) < 4.78 is 5.74. The third-order valence-corrected chi connectivity index (χ3v) is 5.37. The fourth-order valence-electron chi connectivity index (χ4n) is 4.02. The first-order valence-corrected chi connectivity index (χ1v) is 9.24. The van der Waals surface area contributed by atoms with Crippen LogP contribution in [0.4, 0.5) is 0 Å². The monoisotopic (exact) mass is 296 g/mol. The summed E-state index contributed by atoms with van der Waals surface area (Å²) in [6, 6.07) is 0.701. The Morgan fingerprint density at radius 2 is 1.90 bits per heavy atom. The molecule has 0 bridgehead atoms. The summed E-state index contributed by atoms with van der Waals surface area (Å²) in [5.41, 5.74) is 0.439. The lowest BCUT2D eigenvalue weighted by Gasteiger charge is -2.48. The molecule has 1 N–H and O–H groups in total. The van der Waals surface area contributed by atoms with Gasteiger partial charge in [-0.05, 0) is 31.6 Å². The van der Waals surface area contributed by atoms with Gasteiger partial charge in [-0.1, -0.05) is 40.0 Å². The summed E-state index contributed by atoms with van der Waals surface area (Å²) in [6.45, 7) is 12.5. The summed E-state index contributed by atoms with van der Waals surface area (Å²) >= 11 is 0. The van der Waals surface area contributed by atoms with E-state index in [1.807, 2.05) is 0 Å². The first-order chi connectivity index (χ1) is 10.2. The lowest BCUT2D eigenvalue weighted by molar-refractivity contribution is 0.0447. The van der Waals surface area contributed by atoms with Crippen LogP contribution in [0.25, 0.3) is 0 Å². The van der Waals surface area contributed by atoms with Gasteiger partial charge >= 0.3 is 0 Å². The predicted octanol–water partition coefficient (Wildman–Crippen LogP) is 3.44. The van der Waals surface area contributed by atoms with E-state index in [1.165, 1.54) is 64.6 Å². The average molecular weight is 296 g/mol. The molecule has 0 amide bonds. The minimum absolute atomic E-state index is 0.439. The molecular weight excluding hydrogens is 260 g/mol. The van der Waals surface area contributed by atoms with Crippen LogP contribution in [0.5, 0.6) is 0 Å². The van der Waals surface area contributed by atoms with Crippen molar-refractivity contribution in [3.63, 3.8) is 0 Å². The average Bonchev–Trinajstić information content (AvgIpc) is 2.90. The summed E-state index contributed by atoms with van der Waals surface area (Å²) in [5, 5.41) is 3.90. The van der Waals surface area contributed by atoms with E-state index in [0.717, 1.165) is 19.1 Å². The maximum absolute atomic E-state index is 5.74. The highest BCUT2D eigenvalue weighted by molar-refractivity contribution is 5.01. The molecule has 3 nitrogen and oxygen atoms in total. The van der Waals surface area contributed by atoms with Gasteiger partial charge in [-0.25, -0.2) is 0 Å². The van der Waals surface area contributed by atoms with Gasteiger partial charge in [0.1, 0.15) is 0 Å². The Labute approximate surface area is 131 Å². The van der Waals surface area contributed by atoms with Crippen molar-refractivity contribution in [2.45, 2.75) is 77.3 Å². The molecule has 1 heterocycles. The van der Waals surface area contributed by atoms with Gasteiger partial charge in [-0.15, -0.1) is 0 Å². The van der Waals surface area contributed by atoms with Crippen molar-refractivity contribution in [1.82, 2.24) is 10.2 Å². The van der Waals surface area contributed by atoms with Gasteiger partial charge in [0, 0.05) is 44.4 Å². The molecule has 2 aliphatic rings. The van der Waals surface area contributed by atoms with Crippen LogP contribution in [0.2, 0.25) is 0 Å². The second-order valence-electron chi connectivity index (χ2n) is 7.47. The largest absolute Gasteiger partial charge is 0.381 e. The Bertz CT molecular complexity index is 287. The zero-order valence-corrected chi connectivity index (χ0v) is 14.5. The van der Waals surface area contributed by atoms with E-state index in [9.17, 15) is 0 Å². The minimum Gasteiger partial charge on any atom is -0.381 e. The standard InChI is InChI=1S/C18H36N2O/c1-4-5-12-21-13-8-11-20-15-18(9-6-7-10-18)19-14-17(20)16(2)3/h16-17,19H,4-15H2,1-3H3. The third kappa shape index (κ3) is 4.94. The zero-order valence-electron chi connectivity index (χ0n) is 14.5. The summed E-state index contributed by atoms with van der Waals surface area (Å²) in [6.07, 6.45) is 9.19. The highest BCUT2D eigenvalue weighted by Gasteiger charge is 2.41. The number of nitrogens with zero attached hydrogens (tertiary/aromatic N) is 1. The Hall–Kier alpha value is -0.120. The van der Waals surface area contributed by atoms with Gasteiger partial charge in [0.05, 0.1) is 0 Å². The number of nitrogens with one attached hydrogen (secondary N) is 1. The number of hydrogen-bond donors (Lipinski definition) is 1. The molecule has 1 atom stereocenters. The highest BCUT2D eigenvalue weighted by Crippen LogP contribution is 2.34. The second kappa shape index (κ2) is 8.50. The quantitative estimate of drug-likeness (QED) is 0.695. The smallest absolute Gasteiger partial charge is 0.0478 e. The summed E-state index contributed by atoms with van der Waals surface area (Å²) in [4.78, 5) is 2.76. The van der Waals surface area contributed by atoms with Gasteiger partial charge in [-0.2, -0.15) is 0 Å². The van der Waals surface area contributed by atoms with Gasteiger partial charge < -0.3 is 10.1 Å². The topological polar surface area (TPSA) is 24.5 Å². The van der Waals surface area contributed by atoms with Crippen LogP contribution in [0.1, 0.15) is 65.7 Å². The van der Waals surface area contributed by atoms with Crippen LogP contribution in [-0.2, 0) is 4.74 Å². The molecule has 2 fully saturated rings. The first-order valence-electron chi connectivity index (χ1n) is 9.24. The molecule has 1 saturated carbocycles. The molecule has 0 aromatic heterocycles. The van der Waals surface area contributed by atoms with Gasteiger partial charge in [0.2, 0.25) is 0 Å². The molecule has 0 aromatic carbocycles. The molecule has 124 valence electrons. The van der Waals surface area contributed by atoms with Crippen molar-refractivity contribution >= 4 is 0 Å². The Balaban J connectivity index is 1.77. The van der Waals surface area contributed by atoms with E-state index in [0.29, 0.717) is 11.6 Å². The lowest BCUT2D eigenvalue weighted by atomic mass is 9.89. The zero-order chi connectivity index (χ0) is 15.1. The van der Waals surface area contributed by atoms with Crippen LogP contribution in [-0.4, -0.2) is 49.3 Å². The van der Waals surface area contributed by atoms with Crippen LogP contribution in [0.15, 0.2) is 0 Å². The molecule has 1 unspecified atom stereocenters. The SMILES string of the molecule is CCCCOCCCN1CC2(CCCC2)NCC1C(C)C. The molecule has 0 aromatic rings. The number of unbranched alkanes of at least 4 members (excludes halogenated alkanes) is 1. The summed E-state index contributed by atoms with van der Waals surface area (Å²) in [5.74, 6) is 0.734. The minimum atomic E-state index is 0.439. The second-order valence-corrected chi connectivity index (χ2v) is 7.47. The molecule has 3 heteroatoms. The number of piperazine rings is 1. The van der Waals surface area contributed by atoms with Crippen LogP contribution in [0.3, 0.4) is 0 Å². The summed E-state index contributed by atoms with van der Waals surface area (Å²) in [7, 11) is 0. The first kappa shape index (κ1) is 17.2. The normalized spacial score (nSPS) is 26.0. The van der Waals surface area contributed by atoms with E-state index >= 15 is 0 Å². The maximum Gasteiger partial charge on any atom is 0.0478 e. The van der Waals surface area contributed by atoms with E-state index in [4.69, 9.17) is 4.74 Å². The maximum atomic E-state index is 5.74. The van der Waals surface area contributed by atoms with E-state index in [-0.39, 0.29) is 0 Å². The number of hydrogen-bond acceptors (Lipinski definition) is 3. The Morgan fingerprint density at radius 1 is 1.19 bits per heavy atom. The Kier molecular flexibility index (Phi) is 6.97. The molecule has 2 rings (SSSR count). The fraction of sp³-hybridized carbons (Fsp3) is 1.00. The van der Waals surface area contributed by atoms with Crippen LogP contribution in [0, 0.1) is 5.92 Å². The van der Waals surface area contributed by atoms with Crippen molar-refractivity contribution in [2.24, 2.45) is 5.92 Å². The van der Waals surface area contributed by atoms with E-state index in [2.05, 4.69) is 31.0 Å². The van der Waals surface area contributed by atoms with Crippen LogP contribution < -0.4 is 5.32 Å². The fourth-order valence-corrected chi connectivity index (χ4v) is 4.02. The van der Waals surface area contributed by atoms with E-state index < -0.39 is 0 Å². The Morgan fingerprint density at radius 3 is 2.57 bits per heavy atom. The van der Waals surface area contributed by atoms with Gasteiger partial charge in [0.15, 0.2) is 0 Å². The predicted molar refractivity (Wildman–Crippen MR) is 89.7 cm³/mol. The molecule has 0 radical (unpaired) electrons. The molecule has 1 saturated heterocycles. The number of ether oxygens (including phenoxy) is 1. The molecule has 1 aliphatic carbocycles. The van der Waals surface area contributed by atoms with E-state index in [1.54, 1.807) is 0 Å². The lowest BCUT2D eigenvalue weighted by Crippen LogP contribution is -2.64. The van der Waals surface area contributed by atoms with Crippen LogP contribution >= 0.6 is 0 Å². The number of rotatable bonds is 8.